The van der Waals surface area contributed by atoms with Gasteiger partial charge < -0.3 is 24.8 Å². The van der Waals surface area contributed by atoms with Gasteiger partial charge in [-0.3, -0.25) is 25.0 Å². The van der Waals surface area contributed by atoms with Crippen molar-refractivity contribution in [3.05, 3.63) is 37.4 Å². The van der Waals surface area contributed by atoms with Gasteiger partial charge in [0.25, 0.3) is 5.69 Å². The maximum Gasteiger partial charge on any atom is 0.321 e. The predicted molar refractivity (Wildman–Crippen MR) is 168 cm³/mol. The van der Waals surface area contributed by atoms with Crippen LogP contribution < -0.4 is 0 Å². The van der Waals surface area contributed by atoms with E-state index in [0.717, 1.165) is 6.07 Å². The van der Waals surface area contributed by atoms with Gasteiger partial charge in [0.2, 0.25) is 0 Å². The number of hydrogen-bond acceptors (Lipinski definition) is 10. The third-order valence-electron chi connectivity index (χ3n) is 10.9. The van der Waals surface area contributed by atoms with Crippen LogP contribution in [0.4, 0.5) is 11.4 Å². The molecule has 12 heteroatoms. The number of aliphatic hydroxyl groups excluding tert-OH is 1. The normalized spacial score (nSPS) is 31.2. The first kappa shape index (κ1) is 36.8. The quantitative estimate of drug-likeness (QED) is 0.163. The summed E-state index contributed by atoms with van der Waals surface area (Å²) in [5.74, 6) is -2.48. The van der Waals surface area contributed by atoms with E-state index >= 15 is 0 Å². The number of ketones is 1. The molecule has 0 spiro atoms. The topological polar surface area (TPSA) is 182 Å². The third-order valence-corrected chi connectivity index (χ3v) is 10.9. The number of phenols is 1. The summed E-state index contributed by atoms with van der Waals surface area (Å²) in [6.07, 6.45) is 1.77. The molecule has 0 amide bonds. The number of aromatic hydroxyl groups is 1. The van der Waals surface area contributed by atoms with Gasteiger partial charge in [-0.15, -0.1) is 0 Å². The molecule has 0 radical (unpaired) electrons. The number of carbonyl (C=O) groups excluding carboxylic acids is 1. The van der Waals surface area contributed by atoms with Crippen molar-refractivity contribution in [3.63, 3.8) is 0 Å². The Labute approximate surface area is 265 Å². The average molecular weight is 637 g/mol. The number of carbonyl (C=O) groups is 1. The summed E-state index contributed by atoms with van der Waals surface area (Å²) in [6, 6.07) is 1.11. The lowest BCUT2D eigenvalue weighted by molar-refractivity contribution is -0.396. The third kappa shape index (κ3) is 7.18. The average Bonchev–Trinajstić information content (AvgIpc) is 3.34. The van der Waals surface area contributed by atoms with Crippen LogP contribution in [-0.4, -0.2) is 66.6 Å². The van der Waals surface area contributed by atoms with Crippen molar-refractivity contribution < 1.29 is 39.4 Å². The molecule has 0 aromatic heterocycles. The number of nitro groups is 2. The highest BCUT2D eigenvalue weighted by Crippen LogP contribution is 2.48. The van der Waals surface area contributed by atoms with Crippen molar-refractivity contribution in [2.75, 3.05) is 0 Å². The van der Waals surface area contributed by atoms with Crippen molar-refractivity contribution >= 4 is 17.2 Å². The molecular formula is C33H52N2O10. The molecule has 10 atom stereocenters. The molecule has 1 aromatic rings. The summed E-state index contributed by atoms with van der Waals surface area (Å²) in [7, 11) is 0. The summed E-state index contributed by atoms with van der Waals surface area (Å²) >= 11 is 0. The van der Waals surface area contributed by atoms with E-state index < -0.39 is 62.0 Å². The van der Waals surface area contributed by atoms with Crippen LogP contribution in [0.25, 0.3) is 0 Å². The molecule has 0 saturated carbocycles. The Morgan fingerprint density at radius 2 is 1.78 bits per heavy atom. The monoisotopic (exact) mass is 636 g/mol. The van der Waals surface area contributed by atoms with E-state index in [0.29, 0.717) is 38.5 Å². The van der Waals surface area contributed by atoms with E-state index in [2.05, 4.69) is 13.8 Å². The summed E-state index contributed by atoms with van der Waals surface area (Å²) in [4.78, 5) is 35.8. The molecule has 0 unspecified atom stereocenters. The van der Waals surface area contributed by atoms with Crippen LogP contribution >= 0.6 is 0 Å². The molecule has 3 rings (SSSR count). The van der Waals surface area contributed by atoms with Gasteiger partial charge in [-0.05, 0) is 77.0 Å². The van der Waals surface area contributed by atoms with Gasteiger partial charge in [-0.2, -0.15) is 0 Å². The maximum absolute atomic E-state index is 13.9. The van der Waals surface area contributed by atoms with Crippen LogP contribution in [0.1, 0.15) is 105 Å². The minimum absolute atomic E-state index is 0.0255. The van der Waals surface area contributed by atoms with Crippen LogP contribution in [0, 0.1) is 50.8 Å². The first-order chi connectivity index (χ1) is 21.0. The molecule has 2 saturated heterocycles. The first-order valence-corrected chi connectivity index (χ1v) is 16.4. The van der Waals surface area contributed by atoms with E-state index in [1.807, 2.05) is 20.8 Å². The smallest absolute Gasteiger partial charge is 0.321 e. The second kappa shape index (κ2) is 14.4. The second-order valence-corrected chi connectivity index (χ2v) is 13.6. The Balaban J connectivity index is 1.75. The lowest BCUT2D eigenvalue weighted by Gasteiger charge is -2.47. The Hall–Kier alpha value is -2.67. The first-order valence-electron chi connectivity index (χ1n) is 16.4. The van der Waals surface area contributed by atoms with Crippen LogP contribution in [0.2, 0.25) is 0 Å². The molecule has 45 heavy (non-hydrogen) atoms. The number of ether oxygens (including phenoxy) is 2. The number of Topliss-reactive ketones (excluding diaryl/α,β-unsaturated/α-hetero) is 1. The molecular weight excluding hydrogens is 584 g/mol. The fraction of sp³-hybridized carbons (Fsp3) is 0.788. The van der Waals surface area contributed by atoms with Crippen LogP contribution in [0.3, 0.4) is 0 Å². The van der Waals surface area contributed by atoms with Gasteiger partial charge in [0.15, 0.2) is 5.75 Å². The largest absolute Gasteiger partial charge is 0.502 e. The summed E-state index contributed by atoms with van der Waals surface area (Å²) in [6.45, 7) is 14.6. The van der Waals surface area contributed by atoms with E-state index in [1.54, 1.807) is 13.8 Å². The standard InChI is InChI=1S/C33H52N2O10/c1-9-23(31-20(6)17-33(11-3,45-31)26-14-15-32(39,10-2)22(8)44-26)30(38)21(7)28(36)18(4)12-13-24-25(34(40)41)16-19(5)29(37)27(24)35(42)43/h16,18,20-23,26,28,31,36-37,39H,9-15,17H2,1-8H3/t18-,20+,21+,22+,23+,26-,28+,31+,32-,33+/m1/s1. The number of rotatable bonds is 14. The number of nitrogens with zero attached hydrogens (tertiary/aromatic N) is 2. The predicted octanol–water partition coefficient (Wildman–Crippen LogP) is 5.96. The summed E-state index contributed by atoms with van der Waals surface area (Å²) < 4.78 is 13.2. The molecule has 0 bridgehead atoms. The number of phenolic OH excluding ortho intramolecular Hbond substituents is 1. The Kier molecular flexibility index (Phi) is 11.8. The van der Waals surface area contributed by atoms with E-state index in [4.69, 9.17) is 9.47 Å². The molecule has 1 aromatic carbocycles. The van der Waals surface area contributed by atoms with Crippen LogP contribution in [0.15, 0.2) is 6.07 Å². The van der Waals surface area contributed by atoms with Gasteiger partial charge in [-0.25, -0.2) is 0 Å². The highest BCUT2D eigenvalue weighted by atomic mass is 16.6. The highest BCUT2D eigenvalue weighted by molar-refractivity contribution is 5.84. The SMILES string of the molecule is CC[C@@H](C(=O)[C@@H](C)[C@@H](O)[C@H](C)CCc1c([N+](=O)[O-])cc(C)c(O)c1[N+](=O)[O-])[C@H]1O[C@](CC)([C@H]2CC[C@](O)(CC)[C@H](C)O2)C[C@@H]1C. The van der Waals surface area contributed by atoms with Gasteiger partial charge >= 0.3 is 5.69 Å². The van der Waals surface area contributed by atoms with E-state index in [9.17, 15) is 40.3 Å². The van der Waals surface area contributed by atoms with Gasteiger partial charge in [0, 0.05) is 23.5 Å². The number of aryl methyl sites for hydroxylation is 1. The fourth-order valence-electron chi connectivity index (χ4n) is 7.67. The fourth-order valence-corrected chi connectivity index (χ4v) is 7.67. The lowest BCUT2D eigenvalue weighted by atomic mass is 9.76. The zero-order chi connectivity index (χ0) is 34.0. The summed E-state index contributed by atoms with van der Waals surface area (Å²) in [5.41, 5.74) is -2.80. The van der Waals surface area contributed by atoms with Gasteiger partial charge in [0.1, 0.15) is 11.3 Å². The molecule has 2 heterocycles. The maximum atomic E-state index is 13.9. The second-order valence-electron chi connectivity index (χ2n) is 13.6. The number of hydrogen-bond donors (Lipinski definition) is 3. The Bertz CT molecular complexity index is 1260. The molecule has 2 fully saturated rings. The minimum atomic E-state index is -1.11. The number of nitro benzene ring substituents is 2. The molecule has 0 aliphatic carbocycles. The van der Waals surface area contributed by atoms with Gasteiger partial charge in [0.05, 0.1) is 45.5 Å². The van der Waals surface area contributed by atoms with Crippen molar-refractivity contribution in [1.29, 1.82) is 0 Å². The van der Waals surface area contributed by atoms with Crippen molar-refractivity contribution in [2.24, 2.45) is 23.7 Å². The number of benzene rings is 1. The zero-order valence-corrected chi connectivity index (χ0v) is 27.9. The molecule has 2 aliphatic heterocycles. The van der Waals surface area contributed by atoms with Gasteiger partial charge in [-0.1, -0.05) is 41.5 Å². The van der Waals surface area contributed by atoms with E-state index in [-0.39, 0.29) is 54.0 Å². The minimum Gasteiger partial charge on any atom is -0.502 e. The van der Waals surface area contributed by atoms with Crippen molar-refractivity contribution in [2.45, 2.75) is 142 Å². The summed E-state index contributed by atoms with van der Waals surface area (Å²) in [5, 5.41) is 55.9. The number of aliphatic hydroxyl groups is 2. The van der Waals surface area contributed by atoms with Crippen molar-refractivity contribution in [1.82, 2.24) is 0 Å². The van der Waals surface area contributed by atoms with Crippen LogP contribution in [0.5, 0.6) is 5.75 Å². The van der Waals surface area contributed by atoms with Crippen molar-refractivity contribution in [3.8, 4) is 5.75 Å². The Morgan fingerprint density at radius 3 is 2.29 bits per heavy atom. The lowest BCUT2D eigenvalue weighted by Crippen LogP contribution is -2.55. The molecule has 2 aliphatic rings. The highest BCUT2D eigenvalue weighted by Gasteiger charge is 2.55. The molecule has 3 N–H and O–H groups in total. The zero-order valence-electron chi connectivity index (χ0n) is 27.9. The molecule has 254 valence electrons. The molecule has 12 nitrogen and oxygen atoms in total. The van der Waals surface area contributed by atoms with E-state index in [1.165, 1.54) is 6.92 Å². The van der Waals surface area contributed by atoms with Crippen LogP contribution in [-0.2, 0) is 20.7 Å². The Morgan fingerprint density at radius 1 is 1.13 bits per heavy atom.